The predicted octanol–water partition coefficient (Wildman–Crippen LogP) is 5.44. The molecule has 0 spiro atoms. The summed E-state index contributed by atoms with van der Waals surface area (Å²) in [5.41, 5.74) is 4.46. The highest BCUT2D eigenvalue weighted by atomic mass is 14.5. The highest BCUT2D eigenvalue weighted by Gasteiger charge is 2.48. The van der Waals surface area contributed by atoms with Crippen molar-refractivity contribution in [2.75, 3.05) is 0 Å². The van der Waals surface area contributed by atoms with Crippen molar-refractivity contribution in [2.45, 2.75) is 67.7 Å². The van der Waals surface area contributed by atoms with Crippen LogP contribution in [0.4, 0.5) is 0 Å². The van der Waals surface area contributed by atoms with E-state index in [-0.39, 0.29) is 0 Å². The van der Waals surface area contributed by atoms with E-state index in [1.807, 2.05) is 11.1 Å². The highest BCUT2D eigenvalue weighted by molar-refractivity contribution is 5.33. The van der Waals surface area contributed by atoms with Crippen LogP contribution >= 0.6 is 0 Å². The number of rotatable bonds is 0. The minimum Gasteiger partial charge on any atom is -0.0645 e. The Bertz CT molecular complexity index is 343. The molecular weight excluding hydrogens is 204 g/mol. The van der Waals surface area contributed by atoms with Crippen molar-refractivity contribution in [3.05, 3.63) is 11.1 Å². The average molecular weight is 234 g/mol. The van der Waals surface area contributed by atoms with Gasteiger partial charge in [-0.1, -0.05) is 59.6 Å². The third-order valence-corrected chi connectivity index (χ3v) is 6.39. The lowest BCUT2D eigenvalue weighted by molar-refractivity contribution is 0.0764. The van der Waals surface area contributed by atoms with Crippen LogP contribution in [0.25, 0.3) is 0 Å². The summed E-state index contributed by atoms with van der Waals surface area (Å²) in [5.74, 6) is 2.48. The molecule has 0 heteroatoms. The average Bonchev–Trinajstić information content (AvgIpc) is 2.25. The molecule has 0 saturated heterocycles. The first kappa shape index (κ1) is 13.2. The van der Waals surface area contributed by atoms with Gasteiger partial charge in [-0.2, -0.15) is 0 Å². The van der Waals surface area contributed by atoms with Crippen molar-refractivity contribution < 1.29 is 0 Å². The Kier molecular flexibility index (Phi) is 3.00. The second kappa shape index (κ2) is 3.87. The summed E-state index contributed by atoms with van der Waals surface area (Å²) in [6.45, 7) is 17.3. The second-order valence-electron chi connectivity index (χ2n) is 7.83. The standard InChI is InChI=1S/C17H30/c1-11-8-9-14-15(10-11)17(6,7)13(3)12(2)16(14,4)5/h11-13H,8-10H2,1-7H3. The van der Waals surface area contributed by atoms with Crippen LogP contribution in [0.5, 0.6) is 0 Å². The molecule has 0 aromatic rings. The van der Waals surface area contributed by atoms with E-state index in [1.165, 1.54) is 19.3 Å². The topological polar surface area (TPSA) is 0 Å². The molecule has 0 amide bonds. The first-order valence-corrected chi connectivity index (χ1v) is 7.42. The van der Waals surface area contributed by atoms with E-state index < -0.39 is 0 Å². The van der Waals surface area contributed by atoms with Gasteiger partial charge in [-0.25, -0.2) is 0 Å². The van der Waals surface area contributed by atoms with E-state index in [2.05, 4.69) is 48.5 Å². The van der Waals surface area contributed by atoms with E-state index in [1.54, 1.807) is 0 Å². The smallest absolute Gasteiger partial charge is 0.0113 e. The van der Waals surface area contributed by atoms with Crippen molar-refractivity contribution in [1.82, 2.24) is 0 Å². The molecule has 3 atom stereocenters. The molecular formula is C17H30. The third-order valence-electron chi connectivity index (χ3n) is 6.39. The molecule has 0 heterocycles. The largest absolute Gasteiger partial charge is 0.0645 e. The Labute approximate surface area is 108 Å². The van der Waals surface area contributed by atoms with E-state index in [0.29, 0.717) is 10.8 Å². The quantitative estimate of drug-likeness (QED) is 0.489. The predicted molar refractivity (Wildman–Crippen MR) is 75.9 cm³/mol. The monoisotopic (exact) mass is 234 g/mol. The van der Waals surface area contributed by atoms with Crippen molar-refractivity contribution in [3.63, 3.8) is 0 Å². The summed E-state index contributed by atoms with van der Waals surface area (Å²) >= 11 is 0. The fourth-order valence-electron chi connectivity index (χ4n) is 4.28. The summed E-state index contributed by atoms with van der Waals surface area (Å²) in [6.07, 6.45) is 4.10. The van der Waals surface area contributed by atoms with Crippen LogP contribution in [0, 0.1) is 28.6 Å². The van der Waals surface area contributed by atoms with Gasteiger partial charge in [0.1, 0.15) is 0 Å². The van der Waals surface area contributed by atoms with Gasteiger partial charge in [0.15, 0.2) is 0 Å². The maximum Gasteiger partial charge on any atom is -0.0113 e. The Hall–Kier alpha value is -0.260. The molecule has 0 radical (unpaired) electrons. The number of hydrogen-bond acceptors (Lipinski definition) is 0. The zero-order valence-electron chi connectivity index (χ0n) is 12.9. The number of allylic oxidation sites excluding steroid dienone is 2. The van der Waals surface area contributed by atoms with Gasteiger partial charge in [0.2, 0.25) is 0 Å². The van der Waals surface area contributed by atoms with Crippen LogP contribution in [0.15, 0.2) is 11.1 Å². The number of hydrogen-bond donors (Lipinski definition) is 0. The SMILES string of the molecule is CC1CCC2=C(C1)C(C)(C)C(C)C(C)C2(C)C. The Morgan fingerprint density at radius 3 is 1.82 bits per heavy atom. The van der Waals surface area contributed by atoms with Crippen molar-refractivity contribution in [3.8, 4) is 0 Å². The van der Waals surface area contributed by atoms with Crippen LogP contribution in [-0.2, 0) is 0 Å². The van der Waals surface area contributed by atoms with E-state index >= 15 is 0 Å². The van der Waals surface area contributed by atoms with Crippen LogP contribution in [0.2, 0.25) is 0 Å². The molecule has 0 N–H and O–H groups in total. The van der Waals surface area contributed by atoms with Gasteiger partial charge < -0.3 is 0 Å². The third kappa shape index (κ3) is 1.79. The second-order valence-corrected chi connectivity index (χ2v) is 7.83. The summed E-state index contributed by atoms with van der Waals surface area (Å²) in [5, 5.41) is 0. The molecule has 3 unspecified atom stereocenters. The maximum absolute atomic E-state index is 2.48. The highest BCUT2D eigenvalue weighted by Crippen LogP contribution is 2.59. The fourth-order valence-corrected chi connectivity index (χ4v) is 4.28. The zero-order valence-corrected chi connectivity index (χ0v) is 12.9. The molecule has 0 nitrogen and oxygen atoms in total. The molecule has 17 heavy (non-hydrogen) atoms. The van der Waals surface area contributed by atoms with Crippen LogP contribution < -0.4 is 0 Å². The molecule has 0 aliphatic heterocycles. The minimum absolute atomic E-state index is 0.416. The summed E-state index contributed by atoms with van der Waals surface area (Å²) in [7, 11) is 0. The van der Waals surface area contributed by atoms with Gasteiger partial charge in [0.05, 0.1) is 0 Å². The molecule has 0 saturated carbocycles. The van der Waals surface area contributed by atoms with Gasteiger partial charge in [-0.3, -0.25) is 0 Å². The van der Waals surface area contributed by atoms with Gasteiger partial charge >= 0.3 is 0 Å². The lowest BCUT2D eigenvalue weighted by Crippen LogP contribution is -2.45. The van der Waals surface area contributed by atoms with Crippen LogP contribution in [0.1, 0.15) is 67.7 Å². The lowest BCUT2D eigenvalue weighted by atomic mass is 9.50. The van der Waals surface area contributed by atoms with Gasteiger partial charge in [-0.15, -0.1) is 0 Å². The molecule has 0 bridgehead atoms. The normalized spacial score (nSPS) is 40.1. The van der Waals surface area contributed by atoms with Crippen LogP contribution in [0.3, 0.4) is 0 Å². The minimum atomic E-state index is 0.416. The summed E-state index contributed by atoms with van der Waals surface area (Å²) in [6, 6.07) is 0. The Balaban J connectivity index is 2.55. The van der Waals surface area contributed by atoms with Crippen molar-refractivity contribution in [2.24, 2.45) is 28.6 Å². The molecule has 2 aliphatic carbocycles. The Morgan fingerprint density at radius 1 is 0.824 bits per heavy atom. The molecule has 2 rings (SSSR count). The summed E-state index contributed by atoms with van der Waals surface area (Å²) < 4.78 is 0. The first-order chi connectivity index (χ1) is 7.69. The molecule has 98 valence electrons. The molecule has 0 fully saturated rings. The van der Waals surface area contributed by atoms with Gasteiger partial charge in [0.25, 0.3) is 0 Å². The van der Waals surface area contributed by atoms with Crippen molar-refractivity contribution in [1.29, 1.82) is 0 Å². The van der Waals surface area contributed by atoms with E-state index in [4.69, 9.17) is 0 Å². The maximum atomic E-state index is 2.48. The van der Waals surface area contributed by atoms with Crippen molar-refractivity contribution >= 4 is 0 Å². The van der Waals surface area contributed by atoms with Gasteiger partial charge in [0, 0.05) is 0 Å². The van der Waals surface area contributed by atoms with Gasteiger partial charge in [-0.05, 0) is 47.8 Å². The van der Waals surface area contributed by atoms with E-state index in [0.717, 1.165) is 17.8 Å². The Morgan fingerprint density at radius 2 is 1.29 bits per heavy atom. The lowest BCUT2D eigenvalue weighted by Gasteiger charge is -2.54. The van der Waals surface area contributed by atoms with E-state index in [9.17, 15) is 0 Å². The molecule has 0 aromatic carbocycles. The first-order valence-electron chi connectivity index (χ1n) is 7.42. The molecule has 0 aromatic heterocycles. The van der Waals surface area contributed by atoms with Crippen LogP contribution in [-0.4, -0.2) is 0 Å². The fraction of sp³-hybridized carbons (Fsp3) is 0.882. The summed E-state index contributed by atoms with van der Waals surface area (Å²) in [4.78, 5) is 0. The molecule has 2 aliphatic rings. The zero-order chi connectivity index (χ0) is 13.0.